The molecule has 0 saturated heterocycles. The molecule has 0 amide bonds. The normalized spacial score (nSPS) is 19.1. The van der Waals surface area contributed by atoms with Gasteiger partial charge in [-0.05, 0) is 18.2 Å². The predicted octanol–water partition coefficient (Wildman–Crippen LogP) is 1.42. The summed E-state index contributed by atoms with van der Waals surface area (Å²) in [5, 5.41) is 0. The number of fused-ring (bicyclic) bond motifs is 1. The van der Waals surface area contributed by atoms with Crippen LogP contribution in [-0.4, -0.2) is 23.6 Å². The minimum absolute atomic E-state index is 0.574. The van der Waals surface area contributed by atoms with E-state index in [0.29, 0.717) is 17.8 Å². The van der Waals surface area contributed by atoms with E-state index in [1.165, 1.54) is 0 Å². The number of rotatable bonds is 2. The summed E-state index contributed by atoms with van der Waals surface area (Å²) in [4.78, 5) is 17.0. The fourth-order valence-corrected chi connectivity index (χ4v) is 1.44. The van der Waals surface area contributed by atoms with Crippen LogP contribution in [-0.2, 0) is 4.79 Å². The van der Waals surface area contributed by atoms with E-state index in [1.54, 1.807) is 6.08 Å². The zero-order valence-electron chi connectivity index (χ0n) is 7.68. The van der Waals surface area contributed by atoms with Crippen LogP contribution in [0.3, 0.4) is 0 Å². The Bertz CT molecular complexity index is 400. The molecular formula is C11H10N2O. The van der Waals surface area contributed by atoms with Gasteiger partial charge in [-0.2, -0.15) is 0 Å². The summed E-state index contributed by atoms with van der Waals surface area (Å²) in [6, 6.07) is 0. The predicted molar refractivity (Wildman–Crippen MR) is 55.7 cm³/mol. The van der Waals surface area contributed by atoms with Crippen LogP contribution in [0.5, 0.6) is 0 Å². The number of aldehydes is 1. The second-order valence-corrected chi connectivity index (χ2v) is 3.03. The minimum atomic E-state index is 0.574. The molecule has 0 atom stereocenters. The Labute approximate surface area is 82.4 Å². The molecular weight excluding hydrogens is 176 g/mol. The first-order valence-electron chi connectivity index (χ1n) is 4.36. The van der Waals surface area contributed by atoms with Crippen molar-refractivity contribution in [3.8, 4) is 0 Å². The third-order valence-corrected chi connectivity index (χ3v) is 2.16. The van der Waals surface area contributed by atoms with Crippen molar-refractivity contribution in [2.24, 2.45) is 4.99 Å². The molecule has 70 valence electrons. The SMILES string of the molecule is C=CC1=C(C=O)CN2C=CC=CC2=N1. The number of aliphatic imine (C=N–C) groups is 1. The summed E-state index contributed by atoms with van der Waals surface area (Å²) in [5.74, 6) is 0.855. The Kier molecular flexibility index (Phi) is 2.14. The average Bonchev–Trinajstić information content (AvgIpc) is 2.27. The lowest BCUT2D eigenvalue weighted by Gasteiger charge is -2.26. The quantitative estimate of drug-likeness (QED) is 0.611. The number of carbonyl (C=O) groups is 1. The van der Waals surface area contributed by atoms with Gasteiger partial charge in [0.1, 0.15) is 12.1 Å². The molecule has 2 rings (SSSR count). The van der Waals surface area contributed by atoms with Gasteiger partial charge in [0.05, 0.1) is 12.2 Å². The Morgan fingerprint density at radius 1 is 1.50 bits per heavy atom. The largest absolute Gasteiger partial charge is 0.328 e. The average molecular weight is 186 g/mol. The summed E-state index contributed by atoms with van der Waals surface area (Å²) < 4.78 is 0. The van der Waals surface area contributed by atoms with Gasteiger partial charge in [0.25, 0.3) is 0 Å². The maximum Gasteiger partial charge on any atom is 0.150 e. The second kappa shape index (κ2) is 3.46. The third kappa shape index (κ3) is 1.33. The summed E-state index contributed by atoms with van der Waals surface area (Å²) in [5.41, 5.74) is 1.34. The van der Waals surface area contributed by atoms with Crippen LogP contribution in [0.25, 0.3) is 0 Å². The van der Waals surface area contributed by atoms with Crippen molar-refractivity contribution in [3.63, 3.8) is 0 Å². The van der Waals surface area contributed by atoms with E-state index in [-0.39, 0.29) is 0 Å². The molecule has 2 aliphatic heterocycles. The van der Waals surface area contributed by atoms with Gasteiger partial charge < -0.3 is 4.90 Å². The fourth-order valence-electron chi connectivity index (χ4n) is 1.44. The van der Waals surface area contributed by atoms with Crippen molar-refractivity contribution in [2.45, 2.75) is 0 Å². The van der Waals surface area contributed by atoms with Crippen molar-refractivity contribution in [2.75, 3.05) is 6.54 Å². The molecule has 3 nitrogen and oxygen atoms in total. The lowest BCUT2D eigenvalue weighted by atomic mass is 10.1. The molecule has 2 aliphatic rings. The molecule has 0 N–H and O–H groups in total. The Hall–Kier alpha value is -1.90. The minimum Gasteiger partial charge on any atom is -0.328 e. The van der Waals surface area contributed by atoms with Gasteiger partial charge in [0.15, 0.2) is 0 Å². The van der Waals surface area contributed by atoms with Gasteiger partial charge in [-0.25, -0.2) is 4.99 Å². The lowest BCUT2D eigenvalue weighted by molar-refractivity contribution is -0.105. The van der Waals surface area contributed by atoms with Gasteiger partial charge in [0.2, 0.25) is 0 Å². The zero-order chi connectivity index (χ0) is 9.97. The van der Waals surface area contributed by atoms with Gasteiger partial charge in [0, 0.05) is 11.8 Å². The van der Waals surface area contributed by atoms with Crippen LogP contribution in [0.2, 0.25) is 0 Å². The Morgan fingerprint density at radius 2 is 2.36 bits per heavy atom. The van der Waals surface area contributed by atoms with Crippen LogP contribution in [0.1, 0.15) is 0 Å². The number of hydrogen-bond acceptors (Lipinski definition) is 3. The molecule has 0 aromatic rings. The van der Waals surface area contributed by atoms with Crippen molar-refractivity contribution >= 4 is 12.1 Å². The molecule has 0 saturated carbocycles. The van der Waals surface area contributed by atoms with Gasteiger partial charge in [-0.3, -0.25) is 4.79 Å². The molecule has 0 unspecified atom stereocenters. The van der Waals surface area contributed by atoms with E-state index in [9.17, 15) is 4.79 Å². The highest BCUT2D eigenvalue weighted by Crippen LogP contribution is 2.17. The molecule has 2 heterocycles. The number of carbonyl (C=O) groups excluding carboxylic acids is 1. The molecule has 0 bridgehead atoms. The zero-order valence-corrected chi connectivity index (χ0v) is 7.68. The van der Waals surface area contributed by atoms with E-state index in [2.05, 4.69) is 11.6 Å². The second-order valence-electron chi connectivity index (χ2n) is 3.03. The summed E-state index contributed by atoms with van der Waals surface area (Å²) in [6.45, 7) is 4.21. The molecule has 3 heteroatoms. The number of amidine groups is 1. The highest BCUT2D eigenvalue weighted by atomic mass is 16.1. The number of nitrogens with zero attached hydrogens (tertiary/aromatic N) is 2. The van der Waals surface area contributed by atoms with Gasteiger partial charge >= 0.3 is 0 Å². The first-order chi connectivity index (χ1) is 6.85. The first-order valence-corrected chi connectivity index (χ1v) is 4.36. The number of hydrogen-bond donors (Lipinski definition) is 0. The summed E-state index contributed by atoms with van der Waals surface area (Å²) in [6.07, 6.45) is 10.1. The van der Waals surface area contributed by atoms with Crippen molar-refractivity contribution in [3.05, 3.63) is 48.4 Å². The monoisotopic (exact) mass is 186 g/mol. The van der Waals surface area contributed by atoms with E-state index < -0.39 is 0 Å². The fraction of sp³-hybridized carbons (Fsp3) is 0.0909. The standard InChI is InChI=1S/C11H10N2O/c1-2-10-9(8-14)7-13-6-4-3-5-11(13)12-10/h2-6,8H,1,7H2. The third-order valence-electron chi connectivity index (χ3n) is 2.16. The Morgan fingerprint density at radius 3 is 3.07 bits per heavy atom. The van der Waals surface area contributed by atoms with E-state index in [0.717, 1.165) is 12.1 Å². The van der Waals surface area contributed by atoms with Crippen LogP contribution in [0, 0.1) is 0 Å². The maximum absolute atomic E-state index is 10.8. The van der Waals surface area contributed by atoms with E-state index in [4.69, 9.17) is 0 Å². The first kappa shape index (κ1) is 8.69. The maximum atomic E-state index is 10.8. The molecule has 0 aliphatic carbocycles. The lowest BCUT2D eigenvalue weighted by Crippen LogP contribution is -2.31. The summed E-state index contributed by atoms with van der Waals surface area (Å²) >= 11 is 0. The van der Waals surface area contributed by atoms with Gasteiger partial charge in [-0.15, -0.1) is 0 Å². The van der Waals surface area contributed by atoms with Crippen molar-refractivity contribution in [1.82, 2.24) is 4.90 Å². The smallest absolute Gasteiger partial charge is 0.150 e. The number of allylic oxidation sites excluding steroid dienone is 3. The molecule has 14 heavy (non-hydrogen) atoms. The molecule has 0 spiro atoms. The molecule has 0 radical (unpaired) electrons. The van der Waals surface area contributed by atoms with E-state index >= 15 is 0 Å². The Balaban J connectivity index is 2.43. The van der Waals surface area contributed by atoms with Crippen LogP contribution < -0.4 is 0 Å². The highest BCUT2D eigenvalue weighted by Gasteiger charge is 2.17. The van der Waals surface area contributed by atoms with Crippen molar-refractivity contribution in [1.29, 1.82) is 0 Å². The topological polar surface area (TPSA) is 32.7 Å². The highest BCUT2D eigenvalue weighted by molar-refractivity contribution is 5.98. The molecule has 0 fully saturated rings. The van der Waals surface area contributed by atoms with Crippen LogP contribution >= 0.6 is 0 Å². The van der Waals surface area contributed by atoms with E-state index in [1.807, 2.05) is 29.3 Å². The summed E-state index contributed by atoms with van der Waals surface area (Å²) in [7, 11) is 0. The van der Waals surface area contributed by atoms with Gasteiger partial charge in [-0.1, -0.05) is 12.7 Å². The van der Waals surface area contributed by atoms with Crippen LogP contribution in [0.4, 0.5) is 0 Å². The molecule has 0 aromatic heterocycles. The molecule has 0 aromatic carbocycles. The van der Waals surface area contributed by atoms with Crippen molar-refractivity contribution < 1.29 is 4.79 Å². The van der Waals surface area contributed by atoms with Crippen LogP contribution in [0.15, 0.2) is 53.3 Å².